The number of hydrogen-bond acceptors (Lipinski definition) is 7. The first-order chi connectivity index (χ1) is 16.3. The van der Waals surface area contributed by atoms with Crippen LogP contribution in [0.25, 0.3) is 0 Å². The van der Waals surface area contributed by atoms with Crippen molar-refractivity contribution in [2.24, 2.45) is 0 Å². The monoisotopic (exact) mass is 489 g/mol. The maximum atomic E-state index is 15.0. The zero-order valence-electron chi connectivity index (χ0n) is 21.0. The Bertz CT molecular complexity index is 1060. The molecule has 0 fully saturated rings. The first-order valence-electron chi connectivity index (χ1n) is 10.9. The molecule has 1 aliphatic rings. The fourth-order valence-corrected chi connectivity index (χ4v) is 3.15. The van der Waals surface area contributed by atoms with E-state index in [0.717, 1.165) is 0 Å². The average Bonchev–Trinajstić information content (AvgIpc) is 2.72. The van der Waals surface area contributed by atoms with E-state index in [4.69, 9.17) is 14.2 Å². The molecular weight excluding hydrogens is 457 g/mol. The van der Waals surface area contributed by atoms with E-state index in [1.165, 1.54) is 23.1 Å². The van der Waals surface area contributed by atoms with Gasteiger partial charge in [0.1, 0.15) is 17.1 Å². The maximum Gasteiger partial charge on any atom is 0.416 e. The Balaban J connectivity index is 0.00000100. The minimum atomic E-state index is -0.781. The van der Waals surface area contributed by atoms with Crippen LogP contribution in [0.15, 0.2) is 36.4 Å². The second kappa shape index (κ2) is 11.7. The summed E-state index contributed by atoms with van der Waals surface area (Å²) in [5, 5.41) is 2.39. The molecule has 10 heteroatoms. The molecule has 0 radical (unpaired) electrons. The van der Waals surface area contributed by atoms with E-state index < -0.39 is 29.6 Å². The smallest absolute Gasteiger partial charge is 0.416 e. The molecule has 0 aliphatic carbocycles. The normalized spacial score (nSPS) is 14.8. The lowest BCUT2D eigenvalue weighted by Crippen LogP contribution is -2.39. The number of benzene rings is 2. The Morgan fingerprint density at radius 1 is 1.23 bits per heavy atom. The van der Waals surface area contributed by atoms with Crippen LogP contribution >= 0.6 is 0 Å². The van der Waals surface area contributed by atoms with Crippen molar-refractivity contribution in [2.75, 3.05) is 26.5 Å². The lowest BCUT2D eigenvalue weighted by molar-refractivity contribution is -0.120. The molecule has 190 valence electrons. The van der Waals surface area contributed by atoms with Gasteiger partial charge in [-0.2, -0.15) is 0 Å². The highest BCUT2D eigenvalue weighted by Gasteiger charge is 2.32. The lowest BCUT2D eigenvalue weighted by Gasteiger charge is -2.34. The van der Waals surface area contributed by atoms with E-state index in [1.54, 1.807) is 45.9 Å². The molecule has 0 saturated carbocycles. The maximum absolute atomic E-state index is 15.0. The van der Waals surface area contributed by atoms with E-state index in [2.05, 4.69) is 5.32 Å². The third-order valence-corrected chi connectivity index (χ3v) is 4.57. The zero-order chi connectivity index (χ0) is 26.3. The minimum Gasteiger partial charge on any atom is -0.444 e. The number of ether oxygens (including phenoxy) is 3. The molecule has 35 heavy (non-hydrogen) atoms. The number of halogens is 1. The van der Waals surface area contributed by atoms with E-state index >= 15 is 4.39 Å². The highest BCUT2D eigenvalue weighted by atomic mass is 19.1. The van der Waals surface area contributed by atoms with E-state index in [0.29, 0.717) is 5.56 Å². The van der Waals surface area contributed by atoms with Gasteiger partial charge in [-0.15, -0.1) is 0 Å². The zero-order valence-corrected chi connectivity index (χ0v) is 21.0. The number of fused-ring (bicyclic) bond motifs is 1. The molecule has 0 aromatic heterocycles. The summed E-state index contributed by atoms with van der Waals surface area (Å²) >= 11 is 0. The molecule has 1 atom stereocenters. The van der Waals surface area contributed by atoms with Gasteiger partial charge in [0, 0.05) is 17.2 Å². The number of carbonyl (C=O) groups is 3. The summed E-state index contributed by atoms with van der Waals surface area (Å²) in [6, 6.07) is 8.77. The van der Waals surface area contributed by atoms with Gasteiger partial charge in [-0.25, -0.2) is 14.0 Å². The van der Waals surface area contributed by atoms with Crippen molar-refractivity contribution in [3.8, 4) is 11.5 Å². The van der Waals surface area contributed by atoms with Gasteiger partial charge in [0.25, 0.3) is 6.47 Å². The summed E-state index contributed by atoms with van der Waals surface area (Å²) in [7, 11) is 6.00. The number of rotatable bonds is 5. The number of nitrogens with one attached hydrogen (secondary N) is 1. The summed E-state index contributed by atoms with van der Waals surface area (Å²) in [5.41, 5.74) is 0.0960. The highest BCUT2D eigenvalue weighted by Crippen LogP contribution is 2.38. The quantitative estimate of drug-likeness (QED) is 0.593. The molecule has 3 rings (SSSR count). The summed E-state index contributed by atoms with van der Waals surface area (Å²) < 4.78 is 30.3. The second-order valence-corrected chi connectivity index (χ2v) is 9.33. The second-order valence-electron chi connectivity index (χ2n) is 9.33. The summed E-state index contributed by atoms with van der Waals surface area (Å²) in [4.78, 5) is 38.4. The Labute approximate surface area is 204 Å². The van der Waals surface area contributed by atoms with Gasteiger partial charge < -0.3 is 19.1 Å². The molecule has 1 aliphatic heterocycles. The van der Waals surface area contributed by atoms with Crippen molar-refractivity contribution in [1.29, 1.82) is 0 Å². The van der Waals surface area contributed by atoms with Gasteiger partial charge in [-0.05, 0) is 67.0 Å². The van der Waals surface area contributed by atoms with Gasteiger partial charge in [0.2, 0.25) is 0 Å². The van der Waals surface area contributed by atoms with E-state index in [9.17, 15) is 14.4 Å². The standard InChI is InChI=1S/C22H23FN2O6.C3H9N/c1-13-16-9-8-15(29-12-26)10-18(16)30-21(28)25(13)11-14-6-5-7-17(19(14)23)24-20(27)31-22(2,3)4;1-4(2)3/h5-10,12-13H,11H2,1-4H3,(H,24,27);1-3H3. The van der Waals surface area contributed by atoms with Crippen molar-refractivity contribution in [3.63, 3.8) is 0 Å². The van der Waals surface area contributed by atoms with Gasteiger partial charge in [0.15, 0.2) is 5.82 Å². The Hall–Kier alpha value is -3.66. The topological polar surface area (TPSA) is 97.4 Å². The number of carbonyl (C=O) groups excluding carboxylic acids is 3. The number of nitrogens with zero attached hydrogens (tertiary/aromatic N) is 2. The predicted octanol–water partition coefficient (Wildman–Crippen LogP) is 4.96. The van der Waals surface area contributed by atoms with Crippen LogP contribution in [0, 0.1) is 5.82 Å². The molecular formula is C25H32FN3O6. The first kappa shape index (κ1) is 27.6. The molecule has 2 aromatic carbocycles. The Morgan fingerprint density at radius 2 is 1.89 bits per heavy atom. The van der Waals surface area contributed by atoms with E-state index in [-0.39, 0.29) is 35.8 Å². The fraction of sp³-hybridized carbons (Fsp3) is 0.400. The van der Waals surface area contributed by atoms with Gasteiger partial charge in [0.05, 0.1) is 18.3 Å². The van der Waals surface area contributed by atoms with Crippen LogP contribution in [0.2, 0.25) is 0 Å². The Morgan fingerprint density at radius 3 is 2.49 bits per heavy atom. The molecule has 1 unspecified atom stereocenters. The summed E-state index contributed by atoms with van der Waals surface area (Å²) in [5.74, 6) is -0.156. The molecule has 2 amide bonds. The highest BCUT2D eigenvalue weighted by molar-refractivity contribution is 5.85. The van der Waals surface area contributed by atoms with Crippen LogP contribution < -0.4 is 14.8 Å². The minimum absolute atomic E-state index is 0.0548. The number of hydrogen-bond donors (Lipinski definition) is 1. The largest absolute Gasteiger partial charge is 0.444 e. The van der Waals surface area contributed by atoms with Crippen LogP contribution in [0.4, 0.5) is 19.7 Å². The van der Waals surface area contributed by atoms with Crippen LogP contribution in [0.3, 0.4) is 0 Å². The summed E-state index contributed by atoms with van der Waals surface area (Å²) in [6.45, 7) is 7.09. The lowest BCUT2D eigenvalue weighted by atomic mass is 10.0. The fourth-order valence-electron chi connectivity index (χ4n) is 3.15. The molecule has 2 aromatic rings. The van der Waals surface area contributed by atoms with Crippen molar-refractivity contribution < 1.29 is 33.0 Å². The molecule has 0 bridgehead atoms. The molecule has 1 heterocycles. The summed E-state index contributed by atoms with van der Waals surface area (Å²) in [6.07, 6.45) is -1.45. The van der Waals surface area contributed by atoms with Crippen LogP contribution in [0.5, 0.6) is 11.5 Å². The van der Waals surface area contributed by atoms with Gasteiger partial charge in [-0.3, -0.25) is 15.0 Å². The van der Waals surface area contributed by atoms with Crippen LogP contribution in [-0.4, -0.2) is 55.2 Å². The van der Waals surface area contributed by atoms with Crippen LogP contribution in [-0.2, 0) is 16.1 Å². The predicted molar refractivity (Wildman–Crippen MR) is 129 cm³/mol. The molecule has 0 spiro atoms. The molecule has 1 N–H and O–H groups in total. The third-order valence-electron chi connectivity index (χ3n) is 4.57. The number of amides is 2. The van der Waals surface area contributed by atoms with Crippen molar-refractivity contribution >= 4 is 24.3 Å². The van der Waals surface area contributed by atoms with Gasteiger partial charge >= 0.3 is 12.2 Å². The Kier molecular flexibility index (Phi) is 9.18. The third kappa shape index (κ3) is 7.96. The molecule has 9 nitrogen and oxygen atoms in total. The first-order valence-corrected chi connectivity index (χ1v) is 10.9. The molecule has 0 saturated heterocycles. The van der Waals surface area contributed by atoms with Crippen molar-refractivity contribution in [1.82, 2.24) is 9.80 Å². The van der Waals surface area contributed by atoms with E-state index in [1.807, 2.05) is 26.0 Å². The van der Waals surface area contributed by atoms with Crippen LogP contribution in [0.1, 0.15) is 44.9 Å². The number of anilines is 1. The average molecular weight is 490 g/mol. The SMILES string of the molecule is CC1c2ccc(OC=O)cc2OC(=O)N1Cc1cccc(NC(=O)OC(C)(C)C)c1F.CN(C)C. The van der Waals surface area contributed by atoms with Crippen molar-refractivity contribution in [2.45, 2.75) is 45.9 Å². The van der Waals surface area contributed by atoms with Gasteiger partial charge in [-0.1, -0.05) is 12.1 Å². The van der Waals surface area contributed by atoms with Crippen molar-refractivity contribution in [3.05, 3.63) is 53.3 Å².